The van der Waals surface area contributed by atoms with Crippen molar-refractivity contribution in [3.05, 3.63) is 65.1 Å². The van der Waals surface area contributed by atoms with Crippen LogP contribution in [0.4, 0.5) is 0 Å². The molecule has 162 valence electrons. The molecule has 31 heavy (non-hydrogen) atoms. The minimum Gasteiger partial charge on any atom is -0.469 e. The van der Waals surface area contributed by atoms with Gasteiger partial charge in [0.2, 0.25) is 5.78 Å². The van der Waals surface area contributed by atoms with E-state index in [9.17, 15) is 14.4 Å². The number of carbonyl (C=O) groups excluding carboxylic acids is 3. The van der Waals surface area contributed by atoms with Crippen molar-refractivity contribution < 1.29 is 23.9 Å². The summed E-state index contributed by atoms with van der Waals surface area (Å²) in [5.41, 5.74) is 3.84. The highest BCUT2D eigenvalue weighted by Gasteiger charge is 2.19. The lowest BCUT2D eigenvalue weighted by Gasteiger charge is -2.09. The van der Waals surface area contributed by atoms with E-state index in [4.69, 9.17) is 4.74 Å². The molecule has 0 saturated heterocycles. The van der Waals surface area contributed by atoms with E-state index >= 15 is 0 Å². The number of hydrogen-bond donors (Lipinski definition) is 1. The Kier molecular flexibility index (Phi) is 7.02. The average molecular weight is 423 g/mol. The molecule has 0 bridgehead atoms. The highest BCUT2D eigenvalue weighted by atomic mass is 16.5. The number of methoxy groups -OCH3 is 1. The third-order valence-corrected chi connectivity index (χ3v) is 5.07. The predicted molar refractivity (Wildman–Crippen MR) is 114 cm³/mol. The number of carbonyl (C=O) groups is 3. The summed E-state index contributed by atoms with van der Waals surface area (Å²) in [5, 5.41) is 6.77. The summed E-state index contributed by atoms with van der Waals surface area (Å²) in [4.78, 5) is 36.2. The van der Waals surface area contributed by atoms with Gasteiger partial charge in [-0.2, -0.15) is 5.10 Å². The molecule has 3 aromatic rings. The third-order valence-electron chi connectivity index (χ3n) is 5.07. The van der Waals surface area contributed by atoms with E-state index in [2.05, 4.69) is 14.9 Å². The van der Waals surface area contributed by atoms with Crippen molar-refractivity contribution in [2.45, 2.75) is 33.2 Å². The van der Waals surface area contributed by atoms with Crippen LogP contribution in [-0.2, 0) is 20.8 Å². The van der Waals surface area contributed by atoms with Crippen LogP contribution >= 0.6 is 0 Å². The predicted octanol–water partition coefficient (Wildman–Crippen LogP) is 3.49. The first-order chi connectivity index (χ1) is 14.9. The molecule has 0 amide bonds. The van der Waals surface area contributed by atoms with Crippen molar-refractivity contribution in [3.8, 4) is 11.3 Å². The van der Waals surface area contributed by atoms with Crippen molar-refractivity contribution in [1.82, 2.24) is 14.8 Å². The van der Waals surface area contributed by atoms with Crippen LogP contribution in [0.3, 0.4) is 0 Å². The smallest absolute Gasteiger partial charge is 0.356 e. The lowest BCUT2D eigenvalue weighted by atomic mass is 10.1. The van der Waals surface area contributed by atoms with Gasteiger partial charge in [-0.25, -0.2) is 4.79 Å². The molecule has 0 saturated carbocycles. The van der Waals surface area contributed by atoms with E-state index in [0.29, 0.717) is 30.6 Å². The molecule has 0 fully saturated rings. The molecule has 0 spiro atoms. The molecular formula is C23H25N3O5. The molecule has 0 radical (unpaired) electrons. The number of hydrogen-bond acceptors (Lipinski definition) is 6. The van der Waals surface area contributed by atoms with Crippen LogP contribution < -0.4 is 0 Å². The molecule has 0 atom stereocenters. The number of ketones is 1. The highest BCUT2D eigenvalue weighted by molar-refractivity contribution is 6.00. The first kappa shape index (κ1) is 22.0. The molecule has 1 N–H and O–H groups in total. The summed E-state index contributed by atoms with van der Waals surface area (Å²) in [6.07, 6.45) is 0.916. The Morgan fingerprint density at radius 1 is 1.10 bits per heavy atom. The lowest BCUT2D eigenvalue weighted by molar-refractivity contribution is -0.140. The summed E-state index contributed by atoms with van der Waals surface area (Å²) >= 11 is 0. The molecule has 0 aliphatic carbocycles. The molecule has 2 aromatic heterocycles. The van der Waals surface area contributed by atoms with Crippen LogP contribution in [0.15, 0.2) is 42.5 Å². The Morgan fingerprint density at radius 2 is 1.84 bits per heavy atom. The van der Waals surface area contributed by atoms with E-state index < -0.39 is 5.97 Å². The summed E-state index contributed by atoms with van der Waals surface area (Å²) in [5.74, 6) is -1.20. The molecule has 1 aromatic carbocycles. The second-order valence-electron chi connectivity index (χ2n) is 7.15. The van der Waals surface area contributed by atoms with Gasteiger partial charge in [0.1, 0.15) is 5.69 Å². The maximum atomic E-state index is 12.6. The second-order valence-corrected chi connectivity index (χ2v) is 7.15. The van der Waals surface area contributed by atoms with Gasteiger partial charge in [0.15, 0.2) is 6.61 Å². The standard InChI is InChI=1S/C23H25N3O5/c1-15-12-18(16(2)26(15)11-7-10-22(28)30-3)21(27)14-31-23(29)20-13-19(24-25-20)17-8-5-4-6-9-17/h4-6,8-9,12-13H,7,10-11,14H2,1-3H3,(H,24,25). The van der Waals surface area contributed by atoms with Gasteiger partial charge in [-0.05, 0) is 32.4 Å². The van der Waals surface area contributed by atoms with Gasteiger partial charge in [-0.15, -0.1) is 0 Å². The maximum absolute atomic E-state index is 12.6. The summed E-state index contributed by atoms with van der Waals surface area (Å²) in [7, 11) is 1.36. The van der Waals surface area contributed by atoms with Crippen molar-refractivity contribution in [2.75, 3.05) is 13.7 Å². The molecule has 8 nitrogen and oxygen atoms in total. The van der Waals surface area contributed by atoms with Crippen molar-refractivity contribution >= 4 is 17.7 Å². The van der Waals surface area contributed by atoms with Gasteiger partial charge < -0.3 is 14.0 Å². The number of aromatic amines is 1. The van der Waals surface area contributed by atoms with Crippen LogP contribution in [0.25, 0.3) is 11.3 Å². The highest BCUT2D eigenvalue weighted by Crippen LogP contribution is 2.19. The number of nitrogens with one attached hydrogen (secondary N) is 1. The number of ether oxygens (including phenoxy) is 2. The Balaban J connectivity index is 1.59. The Morgan fingerprint density at radius 3 is 2.55 bits per heavy atom. The maximum Gasteiger partial charge on any atom is 0.356 e. The van der Waals surface area contributed by atoms with Crippen molar-refractivity contribution in [2.24, 2.45) is 0 Å². The molecule has 0 unspecified atom stereocenters. The van der Waals surface area contributed by atoms with Gasteiger partial charge >= 0.3 is 11.9 Å². The topological polar surface area (TPSA) is 103 Å². The number of aryl methyl sites for hydroxylation is 1. The zero-order valence-corrected chi connectivity index (χ0v) is 17.8. The van der Waals surface area contributed by atoms with E-state index in [1.54, 1.807) is 12.1 Å². The van der Waals surface area contributed by atoms with Gasteiger partial charge in [-0.1, -0.05) is 30.3 Å². The van der Waals surface area contributed by atoms with E-state index in [1.807, 2.05) is 48.7 Å². The number of rotatable bonds is 9. The number of Topliss-reactive ketones (excluding diaryl/α,β-unsaturated/α-hetero) is 1. The van der Waals surface area contributed by atoms with Crippen LogP contribution in [0.1, 0.15) is 45.1 Å². The molecule has 3 rings (SSSR count). The zero-order valence-electron chi connectivity index (χ0n) is 17.8. The summed E-state index contributed by atoms with van der Waals surface area (Å²) < 4.78 is 11.8. The number of nitrogens with zero attached hydrogens (tertiary/aromatic N) is 2. The minimum atomic E-state index is -0.644. The van der Waals surface area contributed by atoms with Crippen LogP contribution in [0.2, 0.25) is 0 Å². The monoisotopic (exact) mass is 423 g/mol. The quantitative estimate of drug-likeness (QED) is 0.417. The Hall–Kier alpha value is -3.68. The van der Waals surface area contributed by atoms with Gasteiger partial charge in [0.25, 0.3) is 0 Å². The van der Waals surface area contributed by atoms with Crippen molar-refractivity contribution in [3.63, 3.8) is 0 Å². The van der Waals surface area contributed by atoms with E-state index in [-0.39, 0.29) is 24.1 Å². The fraction of sp³-hybridized carbons (Fsp3) is 0.304. The molecule has 8 heteroatoms. The lowest BCUT2D eigenvalue weighted by Crippen LogP contribution is -2.15. The summed E-state index contributed by atoms with van der Waals surface area (Å²) in [6, 6.07) is 12.8. The Labute approximate surface area is 180 Å². The Bertz CT molecular complexity index is 1080. The minimum absolute atomic E-state index is 0.180. The molecule has 2 heterocycles. The molecule has 0 aliphatic heterocycles. The van der Waals surface area contributed by atoms with Gasteiger partial charge in [0, 0.05) is 35.5 Å². The normalized spacial score (nSPS) is 10.7. The van der Waals surface area contributed by atoms with E-state index in [1.165, 1.54) is 7.11 Å². The number of benzene rings is 1. The van der Waals surface area contributed by atoms with Crippen LogP contribution in [-0.4, -0.2) is 46.2 Å². The zero-order chi connectivity index (χ0) is 22.4. The fourth-order valence-electron chi connectivity index (χ4n) is 3.38. The van der Waals surface area contributed by atoms with E-state index in [0.717, 1.165) is 17.0 Å². The fourth-order valence-corrected chi connectivity index (χ4v) is 3.38. The summed E-state index contributed by atoms with van der Waals surface area (Å²) in [6.45, 7) is 3.95. The first-order valence-electron chi connectivity index (χ1n) is 9.95. The number of H-pyrrole nitrogens is 1. The van der Waals surface area contributed by atoms with Crippen LogP contribution in [0.5, 0.6) is 0 Å². The SMILES string of the molecule is COC(=O)CCCn1c(C)cc(C(=O)COC(=O)c2cc(-c3ccccc3)n[nH]2)c1C. The number of aromatic nitrogens is 3. The average Bonchev–Trinajstić information content (AvgIpc) is 3.38. The first-order valence-corrected chi connectivity index (χ1v) is 9.95. The molecule has 0 aliphatic rings. The van der Waals surface area contributed by atoms with Gasteiger partial charge in [-0.3, -0.25) is 14.7 Å². The molecular weight excluding hydrogens is 398 g/mol. The second kappa shape index (κ2) is 9.88. The van der Waals surface area contributed by atoms with Crippen LogP contribution in [0, 0.1) is 13.8 Å². The largest absolute Gasteiger partial charge is 0.469 e. The third kappa shape index (κ3) is 5.28. The van der Waals surface area contributed by atoms with Gasteiger partial charge in [0.05, 0.1) is 12.8 Å². The number of esters is 2. The van der Waals surface area contributed by atoms with Crippen molar-refractivity contribution in [1.29, 1.82) is 0 Å².